The summed E-state index contributed by atoms with van der Waals surface area (Å²) in [5.74, 6) is -0.0288. The third-order valence-electron chi connectivity index (χ3n) is 2.93. The molecule has 0 aromatic carbocycles. The molecule has 0 rings (SSSR count). The number of hydrogen-bond donors (Lipinski definition) is 3. The van der Waals surface area contributed by atoms with E-state index in [1.165, 1.54) is 6.92 Å². The second-order valence-electron chi connectivity index (χ2n) is 5.31. The number of aliphatic hydroxyl groups excluding tert-OH is 3. The molecule has 6 nitrogen and oxygen atoms in total. The SMILES string of the molecule is CC(=O)C[N+](CCO)(CCO)CC(O)COC(C)C. The van der Waals surface area contributed by atoms with Crippen molar-refractivity contribution in [2.45, 2.75) is 33.0 Å². The molecule has 0 aromatic rings. The van der Waals surface area contributed by atoms with Crippen LogP contribution < -0.4 is 0 Å². The fraction of sp³-hybridized carbons (Fsp3) is 0.923. The number of quaternary nitrogens is 1. The Labute approximate surface area is 115 Å². The van der Waals surface area contributed by atoms with E-state index in [4.69, 9.17) is 14.9 Å². The Morgan fingerprint density at radius 3 is 2.11 bits per heavy atom. The van der Waals surface area contributed by atoms with Gasteiger partial charge in [-0.1, -0.05) is 0 Å². The molecule has 0 fully saturated rings. The zero-order valence-electron chi connectivity index (χ0n) is 12.2. The molecule has 0 aliphatic heterocycles. The number of carbonyl (C=O) groups excluding carboxylic acids is 1. The second-order valence-corrected chi connectivity index (χ2v) is 5.31. The Morgan fingerprint density at radius 1 is 1.21 bits per heavy atom. The van der Waals surface area contributed by atoms with Gasteiger partial charge >= 0.3 is 0 Å². The lowest BCUT2D eigenvalue weighted by Gasteiger charge is -2.38. The Balaban J connectivity index is 4.64. The number of hydrogen-bond acceptors (Lipinski definition) is 5. The summed E-state index contributed by atoms with van der Waals surface area (Å²) < 4.78 is 5.53. The number of ether oxygens (including phenoxy) is 1. The Kier molecular flexibility index (Phi) is 9.12. The molecular formula is C13H28NO5+. The minimum atomic E-state index is -0.722. The van der Waals surface area contributed by atoms with Gasteiger partial charge in [0.15, 0.2) is 5.78 Å². The highest BCUT2D eigenvalue weighted by Crippen LogP contribution is 2.09. The van der Waals surface area contributed by atoms with E-state index in [9.17, 15) is 9.90 Å². The number of nitrogens with zero attached hydrogens (tertiary/aromatic N) is 1. The van der Waals surface area contributed by atoms with Gasteiger partial charge in [0.25, 0.3) is 0 Å². The van der Waals surface area contributed by atoms with Gasteiger partial charge in [-0.05, 0) is 13.8 Å². The zero-order valence-corrected chi connectivity index (χ0v) is 12.2. The molecule has 114 valence electrons. The summed E-state index contributed by atoms with van der Waals surface area (Å²) in [5, 5.41) is 28.3. The highest BCUT2D eigenvalue weighted by Gasteiger charge is 2.31. The van der Waals surface area contributed by atoms with Crippen LogP contribution in [0.25, 0.3) is 0 Å². The van der Waals surface area contributed by atoms with Crippen LogP contribution in [0.15, 0.2) is 0 Å². The molecule has 0 heterocycles. The molecule has 0 amide bonds. The number of Topliss-reactive ketones (excluding diaryl/α,β-unsaturated/α-hetero) is 1. The van der Waals surface area contributed by atoms with E-state index in [1.54, 1.807) is 0 Å². The van der Waals surface area contributed by atoms with Crippen LogP contribution in [0.1, 0.15) is 20.8 Å². The molecule has 0 radical (unpaired) electrons. The van der Waals surface area contributed by atoms with E-state index >= 15 is 0 Å². The molecular weight excluding hydrogens is 250 g/mol. The largest absolute Gasteiger partial charge is 0.391 e. The summed E-state index contributed by atoms with van der Waals surface area (Å²) in [6, 6.07) is 0. The molecule has 0 saturated carbocycles. The van der Waals surface area contributed by atoms with Gasteiger partial charge < -0.3 is 24.5 Å². The summed E-state index contributed by atoms with van der Waals surface area (Å²) in [5.41, 5.74) is 0. The minimum Gasteiger partial charge on any atom is -0.391 e. The first-order chi connectivity index (χ1) is 8.85. The first kappa shape index (κ1) is 18.5. The highest BCUT2D eigenvalue weighted by atomic mass is 16.5. The fourth-order valence-corrected chi connectivity index (χ4v) is 2.22. The van der Waals surface area contributed by atoms with Gasteiger partial charge in [0.2, 0.25) is 0 Å². The van der Waals surface area contributed by atoms with Crippen LogP contribution in [0.4, 0.5) is 0 Å². The van der Waals surface area contributed by atoms with Crippen LogP contribution in [-0.4, -0.2) is 83.8 Å². The molecule has 0 spiro atoms. The number of rotatable bonds is 11. The molecule has 0 aromatic heterocycles. The average molecular weight is 278 g/mol. The monoisotopic (exact) mass is 278 g/mol. The van der Waals surface area contributed by atoms with Crippen molar-refractivity contribution in [2.75, 3.05) is 46.0 Å². The summed E-state index contributed by atoms with van der Waals surface area (Å²) in [4.78, 5) is 11.4. The van der Waals surface area contributed by atoms with Crippen molar-refractivity contribution in [1.29, 1.82) is 0 Å². The lowest BCUT2D eigenvalue weighted by atomic mass is 10.2. The van der Waals surface area contributed by atoms with E-state index in [0.717, 1.165) is 0 Å². The normalized spacial score (nSPS) is 13.8. The van der Waals surface area contributed by atoms with E-state index < -0.39 is 6.10 Å². The van der Waals surface area contributed by atoms with E-state index in [-0.39, 0.29) is 49.3 Å². The Bertz CT molecular complexity index is 251. The maximum Gasteiger partial charge on any atom is 0.183 e. The number of ketones is 1. The van der Waals surface area contributed by atoms with Crippen LogP contribution >= 0.6 is 0 Å². The zero-order chi connectivity index (χ0) is 14.9. The van der Waals surface area contributed by atoms with Crippen LogP contribution in [0.2, 0.25) is 0 Å². The van der Waals surface area contributed by atoms with Crippen LogP contribution in [-0.2, 0) is 9.53 Å². The Hall–Kier alpha value is -0.530. The highest BCUT2D eigenvalue weighted by molar-refractivity contribution is 5.76. The molecule has 3 N–H and O–H groups in total. The third-order valence-corrected chi connectivity index (χ3v) is 2.93. The number of carbonyl (C=O) groups is 1. The summed E-state index contributed by atoms with van der Waals surface area (Å²) >= 11 is 0. The molecule has 1 atom stereocenters. The molecule has 1 unspecified atom stereocenters. The predicted molar refractivity (Wildman–Crippen MR) is 71.7 cm³/mol. The first-order valence-corrected chi connectivity index (χ1v) is 6.71. The van der Waals surface area contributed by atoms with Crippen molar-refractivity contribution >= 4 is 5.78 Å². The molecule has 0 bridgehead atoms. The van der Waals surface area contributed by atoms with Gasteiger partial charge in [0.1, 0.15) is 32.3 Å². The van der Waals surface area contributed by atoms with Crippen LogP contribution in [0.3, 0.4) is 0 Å². The molecule has 0 saturated heterocycles. The number of aliphatic hydroxyl groups is 3. The van der Waals surface area contributed by atoms with Crippen molar-refractivity contribution in [1.82, 2.24) is 0 Å². The van der Waals surface area contributed by atoms with Crippen molar-refractivity contribution in [2.24, 2.45) is 0 Å². The van der Waals surface area contributed by atoms with E-state index in [0.29, 0.717) is 13.1 Å². The van der Waals surface area contributed by atoms with Crippen molar-refractivity contribution in [3.8, 4) is 0 Å². The summed E-state index contributed by atoms with van der Waals surface area (Å²) in [6.45, 7) is 6.38. The maximum atomic E-state index is 11.4. The fourth-order valence-electron chi connectivity index (χ4n) is 2.22. The Morgan fingerprint density at radius 2 is 1.74 bits per heavy atom. The van der Waals surface area contributed by atoms with Gasteiger partial charge in [-0.2, -0.15) is 0 Å². The molecule has 0 aliphatic rings. The molecule has 6 heteroatoms. The maximum absolute atomic E-state index is 11.4. The summed E-state index contributed by atoms with van der Waals surface area (Å²) in [7, 11) is 0. The van der Waals surface area contributed by atoms with Crippen LogP contribution in [0, 0.1) is 0 Å². The molecule has 19 heavy (non-hydrogen) atoms. The van der Waals surface area contributed by atoms with E-state index in [2.05, 4.69) is 0 Å². The second kappa shape index (κ2) is 9.39. The lowest BCUT2D eigenvalue weighted by molar-refractivity contribution is -0.924. The van der Waals surface area contributed by atoms with Gasteiger partial charge in [0.05, 0.1) is 25.9 Å². The van der Waals surface area contributed by atoms with Gasteiger partial charge in [0, 0.05) is 6.92 Å². The topological polar surface area (TPSA) is 87.0 Å². The smallest absolute Gasteiger partial charge is 0.183 e. The van der Waals surface area contributed by atoms with Gasteiger partial charge in [-0.15, -0.1) is 0 Å². The van der Waals surface area contributed by atoms with Gasteiger partial charge in [-0.25, -0.2) is 0 Å². The van der Waals surface area contributed by atoms with Crippen molar-refractivity contribution in [3.63, 3.8) is 0 Å². The predicted octanol–water partition coefficient (Wildman–Crippen LogP) is -0.837. The lowest BCUT2D eigenvalue weighted by Crippen LogP contribution is -2.58. The third kappa shape index (κ3) is 8.28. The molecule has 0 aliphatic carbocycles. The standard InChI is InChI=1S/C13H28NO5/c1-11(2)19-10-13(18)9-14(4-6-15,5-7-16)8-12(3)17/h11,13,15-16,18H,4-10H2,1-3H3/q+1. The summed E-state index contributed by atoms with van der Waals surface area (Å²) in [6.07, 6.45) is -0.695. The van der Waals surface area contributed by atoms with Gasteiger partial charge in [-0.3, -0.25) is 4.79 Å². The van der Waals surface area contributed by atoms with Crippen molar-refractivity contribution in [3.05, 3.63) is 0 Å². The average Bonchev–Trinajstić information content (AvgIpc) is 2.26. The van der Waals surface area contributed by atoms with Crippen LogP contribution in [0.5, 0.6) is 0 Å². The van der Waals surface area contributed by atoms with Crippen molar-refractivity contribution < 1.29 is 29.3 Å². The van der Waals surface area contributed by atoms with E-state index in [1.807, 2.05) is 13.8 Å². The quantitative estimate of drug-likeness (QED) is 0.429. The first-order valence-electron chi connectivity index (χ1n) is 6.71. The minimum absolute atomic E-state index is 0.0278.